The topological polar surface area (TPSA) is 46.5 Å². The van der Waals surface area contributed by atoms with Crippen molar-refractivity contribution >= 4 is 5.97 Å². The minimum absolute atomic E-state index is 0.113. The number of carboxylic acid groups (broad SMARTS) is 1. The molecule has 1 fully saturated rings. The Balaban J connectivity index is 2.36. The second kappa shape index (κ2) is 3.83. The van der Waals surface area contributed by atoms with Crippen LogP contribution in [-0.2, 0) is 15.1 Å². The van der Waals surface area contributed by atoms with Crippen molar-refractivity contribution < 1.29 is 23.4 Å². The van der Waals surface area contributed by atoms with Crippen LogP contribution in [0.1, 0.15) is 18.4 Å². The molecule has 5 heteroatoms. The fourth-order valence-corrected chi connectivity index (χ4v) is 1.90. The van der Waals surface area contributed by atoms with Gasteiger partial charge < -0.3 is 9.84 Å². The number of hydrogen-bond acceptors (Lipinski definition) is 2. The van der Waals surface area contributed by atoms with Gasteiger partial charge in [0.2, 0.25) is 0 Å². The van der Waals surface area contributed by atoms with Crippen molar-refractivity contribution in [1.29, 1.82) is 0 Å². The van der Waals surface area contributed by atoms with E-state index in [2.05, 4.69) is 0 Å². The van der Waals surface area contributed by atoms with Crippen LogP contribution in [0.4, 0.5) is 8.78 Å². The highest BCUT2D eigenvalue weighted by molar-refractivity contribution is 5.69. The fourth-order valence-electron chi connectivity index (χ4n) is 1.90. The second-order valence-corrected chi connectivity index (χ2v) is 3.79. The maximum Gasteiger partial charge on any atom is 0.306 e. The molecule has 1 aliphatic rings. The molecule has 1 atom stereocenters. The second-order valence-electron chi connectivity index (χ2n) is 3.79. The minimum atomic E-state index is -1.12. The summed E-state index contributed by atoms with van der Waals surface area (Å²) in [6.07, 6.45) is 0.122. The number of aliphatic carboxylic acids is 1. The molecule has 1 N–H and O–H groups in total. The van der Waals surface area contributed by atoms with Crippen LogP contribution in [0, 0.1) is 11.6 Å². The molecule has 1 saturated heterocycles. The third-order valence-corrected chi connectivity index (χ3v) is 2.74. The summed E-state index contributed by atoms with van der Waals surface area (Å²) in [5, 5.41) is 8.74. The Labute approximate surface area is 90.7 Å². The standard InChI is InChI=1S/C11H10F2O3/c12-7-1-2-8(9(13)5-7)11(3-4-16-11)6-10(14)15/h1-2,5H,3-4,6H2,(H,14,15). The summed E-state index contributed by atoms with van der Waals surface area (Å²) in [5.41, 5.74) is -1.01. The first-order chi connectivity index (χ1) is 7.53. The van der Waals surface area contributed by atoms with Crippen molar-refractivity contribution in [2.24, 2.45) is 0 Å². The third kappa shape index (κ3) is 1.78. The Hall–Kier alpha value is -1.49. The summed E-state index contributed by atoms with van der Waals surface area (Å²) in [5.74, 6) is -2.52. The number of carbonyl (C=O) groups is 1. The van der Waals surface area contributed by atoms with E-state index in [-0.39, 0.29) is 12.0 Å². The fraction of sp³-hybridized carbons (Fsp3) is 0.364. The summed E-state index contributed by atoms with van der Waals surface area (Å²) < 4.78 is 31.4. The first-order valence-corrected chi connectivity index (χ1v) is 4.85. The van der Waals surface area contributed by atoms with Gasteiger partial charge in [-0.3, -0.25) is 4.79 Å². The quantitative estimate of drug-likeness (QED) is 0.861. The smallest absolute Gasteiger partial charge is 0.306 e. The summed E-state index contributed by atoms with van der Waals surface area (Å²) >= 11 is 0. The van der Waals surface area contributed by atoms with E-state index < -0.39 is 23.2 Å². The number of benzene rings is 1. The summed E-state index contributed by atoms with van der Waals surface area (Å²) in [7, 11) is 0. The van der Waals surface area contributed by atoms with Crippen LogP contribution in [0.2, 0.25) is 0 Å². The summed E-state index contributed by atoms with van der Waals surface area (Å²) in [6, 6.07) is 3.08. The van der Waals surface area contributed by atoms with Crippen LogP contribution in [0.15, 0.2) is 18.2 Å². The predicted octanol–water partition coefficient (Wildman–Crippen LogP) is 2.06. The minimum Gasteiger partial charge on any atom is -0.481 e. The molecule has 0 saturated carbocycles. The van der Waals surface area contributed by atoms with Gasteiger partial charge in [0, 0.05) is 18.1 Å². The molecule has 1 unspecified atom stereocenters. The van der Waals surface area contributed by atoms with Gasteiger partial charge in [0.15, 0.2) is 0 Å². The lowest BCUT2D eigenvalue weighted by Crippen LogP contribution is -2.43. The first kappa shape index (κ1) is 11.0. The van der Waals surface area contributed by atoms with Crippen molar-refractivity contribution in [1.82, 2.24) is 0 Å². The first-order valence-electron chi connectivity index (χ1n) is 4.85. The largest absolute Gasteiger partial charge is 0.481 e. The molecule has 2 rings (SSSR count). The van der Waals surface area contributed by atoms with E-state index in [0.717, 1.165) is 12.1 Å². The zero-order valence-electron chi connectivity index (χ0n) is 8.37. The summed E-state index contributed by atoms with van der Waals surface area (Å²) in [6.45, 7) is 0.393. The number of rotatable bonds is 3. The van der Waals surface area contributed by atoms with Crippen molar-refractivity contribution in [3.05, 3.63) is 35.4 Å². The lowest BCUT2D eigenvalue weighted by atomic mass is 9.83. The molecule has 1 aliphatic heterocycles. The van der Waals surface area contributed by atoms with Gasteiger partial charge in [-0.2, -0.15) is 0 Å². The highest BCUT2D eigenvalue weighted by Gasteiger charge is 2.44. The molecule has 1 aromatic carbocycles. The Kier molecular flexibility index (Phi) is 2.63. The van der Waals surface area contributed by atoms with Crippen LogP contribution in [0.5, 0.6) is 0 Å². The molecule has 1 heterocycles. The molecule has 0 amide bonds. The Morgan fingerprint density at radius 3 is 2.62 bits per heavy atom. The van der Waals surface area contributed by atoms with Gasteiger partial charge in [-0.05, 0) is 6.07 Å². The Morgan fingerprint density at radius 1 is 1.50 bits per heavy atom. The lowest BCUT2D eigenvalue weighted by molar-refractivity contribution is -0.177. The van der Waals surface area contributed by atoms with E-state index in [1.807, 2.05) is 0 Å². The van der Waals surface area contributed by atoms with Crippen molar-refractivity contribution in [3.63, 3.8) is 0 Å². The zero-order valence-corrected chi connectivity index (χ0v) is 8.37. The predicted molar refractivity (Wildman–Crippen MR) is 50.9 cm³/mol. The molecule has 0 aliphatic carbocycles. The molecule has 0 bridgehead atoms. The number of hydrogen-bond donors (Lipinski definition) is 1. The van der Waals surface area contributed by atoms with E-state index in [0.29, 0.717) is 13.0 Å². The van der Waals surface area contributed by atoms with Gasteiger partial charge in [0.25, 0.3) is 0 Å². The van der Waals surface area contributed by atoms with E-state index in [1.54, 1.807) is 0 Å². The normalized spacial score (nSPS) is 23.9. The maximum absolute atomic E-state index is 13.5. The molecule has 0 spiro atoms. The van der Waals surface area contributed by atoms with Gasteiger partial charge in [-0.1, -0.05) is 6.07 Å². The molecule has 0 aromatic heterocycles. The van der Waals surface area contributed by atoms with Gasteiger partial charge in [-0.25, -0.2) is 8.78 Å². The molecule has 0 radical (unpaired) electrons. The zero-order chi connectivity index (χ0) is 11.8. The highest BCUT2D eigenvalue weighted by atomic mass is 19.1. The van der Waals surface area contributed by atoms with Gasteiger partial charge in [0.1, 0.15) is 17.2 Å². The van der Waals surface area contributed by atoms with Gasteiger partial charge >= 0.3 is 5.97 Å². The average molecular weight is 228 g/mol. The molecule has 86 valence electrons. The van der Waals surface area contributed by atoms with Crippen LogP contribution in [0.25, 0.3) is 0 Å². The molecular formula is C11H10F2O3. The Morgan fingerprint density at radius 2 is 2.19 bits per heavy atom. The number of ether oxygens (including phenoxy) is 1. The average Bonchev–Trinajstić information content (AvgIpc) is 2.12. The van der Waals surface area contributed by atoms with Gasteiger partial charge in [0.05, 0.1) is 13.0 Å². The van der Waals surface area contributed by atoms with Crippen LogP contribution < -0.4 is 0 Å². The molecular weight excluding hydrogens is 218 g/mol. The number of carboxylic acids is 1. The molecule has 1 aromatic rings. The monoisotopic (exact) mass is 228 g/mol. The van der Waals surface area contributed by atoms with E-state index in [1.165, 1.54) is 6.07 Å². The van der Waals surface area contributed by atoms with Crippen LogP contribution >= 0.6 is 0 Å². The number of halogens is 2. The van der Waals surface area contributed by atoms with Crippen molar-refractivity contribution in [3.8, 4) is 0 Å². The maximum atomic E-state index is 13.5. The summed E-state index contributed by atoms with van der Waals surface area (Å²) in [4.78, 5) is 10.7. The van der Waals surface area contributed by atoms with Crippen LogP contribution in [0.3, 0.4) is 0 Å². The lowest BCUT2D eigenvalue weighted by Gasteiger charge is -2.41. The van der Waals surface area contributed by atoms with Crippen LogP contribution in [-0.4, -0.2) is 17.7 Å². The van der Waals surface area contributed by atoms with E-state index in [4.69, 9.17) is 9.84 Å². The van der Waals surface area contributed by atoms with E-state index in [9.17, 15) is 13.6 Å². The Bertz CT molecular complexity index is 427. The molecule has 3 nitrogen and oxygen atoms in total. The third-order valence-electron chi connectivity index (χ3n) is 2.74. The van der Waals surface area contributed by atoms with Crippen molar-refractivity contribution in [2.75, 3.05) is 6.61 Å². The van der Waals surface area contributed by atoms with E-state index >= 15 is 0 Å². The van der Waals surface area contributed by atoms with Gasteiger partial charge in [-0.15, -0.1) is 0 Å². The SMILES string of the molecule is O=C(O)CC1(c2ccc(F)cc2F)CCO1. The highest BCUT2D eigenvalue weighted by Crippen LogP contribution is 2.41. The van der Waals surface area contributed by atoms with Crippen molar-refractivity contribution in [2.45, 2.75) is 18.4 Å². The molecule has 16 heavy (non-hydrogen) atoms.